The van der Waals surface area contributed by atoms with E-state index < -0.39 is 9.84 Å². The Hall–Kier alpha value is -3.32. The van der Waals surface area contributed by atoms with Gasteiger partial charge in [0.15, 0.2) is 15.6 Å². The maximum absolute atomic E-state index is 13.5. The summed E-state index contributed by atoms with van der Waals surface area (Å²) in [6, 6.07) is 17.4. The Balaban J connectivity index is 1.58. The van der Waals surface area contributed by atoms with E-state index in [1.807, 2.05) is 41.1 Å². The number of aromatic nitrogens is 2. The molecule has 0 saturated carbocycles. The van der Waals surface area contributed by atoms with Crippen molar-refractivity contribution in [2.24, 2.45) is 5.92 Å². The van der Waals surface area contributed by atoms with Gasteiger partial charge in [-0.3, -0.25) is 9.78 Å². The lowest BCUT2D eigenvalue weighted by molar-refractivity contribution is 0.0966. The van der Waals surface area contributed by atoms with E-state index in [1.54, 1.807) is 24.4 Å². The van der Waals surface area contributed by atoms with E-state index in [9.17, 15) is 17.6 Å². The van der Waals surface area contributed by atoms with Crippen LogP contribution in [0.5, 0.6) is 0 Å². The lowest BCUT2D eigenvalue weighted by Crippen LogP contribution is -2.10. The number of Topliss-reactive ketones (excluding diaryl/α,β-unsaturated/α-hetero) is 1. The van der Waals surface area contributed by atoms with Crippen LogP contribution in [-0.2, 0) is 9.84 Å². The molecule has 5 nitrogen and oxygen atoms in total. The van der Waals surface area contributed by atoms with Crippen molar-refractivity contribution in [3.63, 3.8) is 0 Å². The number of carbonyl (C=O) groups is 1. The minimum absolute atomic E-state index is 0.0692. The first-order valence-corrected chi connectivity index (χ1v) is 12.3. The summed E-state index contributed by atoms with van der Waals surface area (Å²) in [4.78, 5) is 17.4. The average molecular weight is 449 g/mol. The fourth-order valence-corrected chi connectivity index (χ4v) is 6.22. The summed E-state index contributed by atoms with van der Waals surface area (Å²) in [5.41, 5.74) is 3.82. The molecule has 1 saturated heterocycles. The second kappa shape index (κ2) is 7.98. The summed E-state index contributed by atoms with van der Waals surface area (Å²) in [5, 5.41) is 0.924. The van der Waals surface area contributed by atoms with Crippen LogP contribution in [0.1, 0.15) is 23.2 Å². The molecular weight excluding hydrogens is 427 g/mol. The van der Waals surface area contributed by atoms with Crippen LogP contribution in [0, 0.1) is 11.7 Å². The summed E-state index contributed by atoms with van der Waals surface area (Å²) in [5.74, 6) is -0.282. The van der Waals surface area contributed by atoms with Crippen LogP contribution in [0.4, 0.5) is 4.39 Å². The second-order valence-corrected chi connectivity index (χ2v) is 10.5. The number of sulfone groups is 1. The average Bonchev–Trinajstić information content (AvgIpc) is 3.34. The molecule has 1 aliphatic rings. The van der Waals surface area contributed by atoms with Gasteiger partial charge in [0.05, 0.1) is 22.7 Å². The van der Waals surface area contributed by atoms with Crippen molar-refractivity contribution in [2.45, 2.75) is 12.8 Å². The zero-order valence-electron chi connectivity index (χ0n) is 17.2. The van der Waals surface area contributed by atoms with Gasteiger partial charge in [0, 0.05) is 41.0 Å². The van der Waals surface area contributed by atoms with Gasteiger partial charge >= 0.3 is 0 Å². The van der Waals surface area contributed by atoms with E-state index in [1.165, 1.54) is 12.1 Å². The molecule has 162 valence electrons. The van der Waals surface area contributed by atoms with Crippen LogP contribution in [-0.4, -0.2) is 35.3 Å². The first-order valence-electron chi connectivity index (χ1n) is 10.5. The fraction of sp³-hybridized carbons (Fsp3) is 0.200. The van der Waals surface area contributed by atoms with Crippen molar-refractivity contribution in [3.8, 4) is 16.9 Å². The first-order chi connectivity index (χ1) is 15.4. The van der Waals surface area contributed by atoms with Crippen LogP contribution in [0.2, 0.25) is 0 Å². The lowest BCUT2D eigenvalue weighted by atomic mass is 9.97. The monoisotopic (exact) mass is 448 g/mol. The lowest BCUT2D eigenvalue weighted by Gasteiger charge is -2.09. The van der Waals surface area contributed by atoms with Crippen LogP contribution in [0.3, 0.4) is 0 Å². The van der Waals surface area contributed by atoms with Gasteiger partial charge in [-0.05, 0) is 54.8 Å². The molecule has 0 N–H and O–H groups in total. The van der Waals surface area contributed by atoms with Gasteiger partial charge in [-0.1, -0.05) is 18.2 Å². The number of hydrogen-bond donors (Lipinski definition) is 0. The summed E-state index contributed by atoms with van der Waals surface area (Å²) >= 11 is 0. The third-order valence-corrected chi connectivity index (χ3v) is 7.81. The number of nitrogens with zero attached hydrogens (tertiary/aromatic N) is 2. The van der Waals surface area contributed by atoms with Crippen LogP contribution in [0.25, 0.3) is 27.8 Å². The van der Waals surface area contributed by atoms with Gasteiger partial charge in [0.25, 0.3) is 0 Å². The van der Waals surface area contributed by atoms with Crippen molar-refractivity contribution in [3.05, 3.63) is 84.4 Å². The molecule has 7 heteroatoms. The zero-order chi connectivity index (χ0) is 22.3. The molecule has 1 atom stereocenters. The summed E-state index contributed by atoms with van der Waals surface area (Å²) in [7, 11) is -3.03. The molecule has 0 amide bonds. The molecule has 5 rings (SSSR count). The van der Waals surface area contributed by atoms with E-state index in [0.717, 1.165) is 27.8 Å². The van der Waals surface area contributed by atoms with Crippen LogP contribution in [0.15, 0.2) is 73.1 Å². The molecule has 0 radical (unpaired) electrons. The van der Waals surface area contributed by atoms with E-state index in [0.29, 0.717) is 12.0 Å². The maximum atomic E-state index is 13.5. The number of carbonyl (C=O) groups excluding carboxylic acids is 1. The molecule has 2 aromatic carbocycles. The molecule has 1 aliphatic heterocycles. The molecule has 0 bridgehead atoms. The standard InChI is InChI=1S/C25H21FN2O3S/c26-19-5-7-20(8-6-19)28-15-22(23-3-1-2-11-27-23)21-9-4-18(14-24(21)28)25(29)13-17-10-12-32(30,31)16-17/h1-9,11,14-15,17H,10,12-13,16H2. The molecule has 2 aromatic heterocycles. The highest BCUT2D eigenvalue weighted by Crippen LogP contribution is 2.33. The zero-order valence-corrected chi connectivity index (χ0v) is 18.1. The Morgan fingerprint density at radius 3 is 2.59 bits per heavy atom. The van der Waals surface area contributed by atoms with Gasteiger partial charge in [-0.2, -0.15) is 0 Å². The van der Waals surface area contributed by atoms with E-state index in [2.05, 4.69) is 4.98 Å². The molecular formula is C25H21FN2O3S. The molecule has 0 aliphatic carbocycles. The number of pyridine rings is 1. The second-order valence-electron chi connectivity index (χ2n) is 8.23. The van der Waals surface area contributed by atoms with Gasteiger partial charge in [-0.15, -0.1) is 0 Å². The molecule has 0 spiro atoms. The first kappa shape index (κ1) is 20.6. The number of hydrogen-bond acceptors (Lipinski definition) is 4. The molecule has 1 unspecified atom stereocenters. The summed E-state index contributed by atoms with van der Waals surface area (Å²) in [6.45, 7) is 0. The smallest absolute Gasteiger partial charge is 0.163 e. The Morgan fingerprint density at radius 2 is 1.91 bits per heavy atom. The highest BCUT2D eigenvalue weighted by molar-refractivity contribution is 7.91. The predicted molar refractivity (Wildman–Crippen MR) is 122 cm³/mol. The number of halogens is 1. The van der Waals surface area contributed by atoms with Crippen LogP contribution >= 0.6 is 0 Å². The van der Waals surface area contributed by atoms with Crippen LogP contribution < -0.4 is 0 Å². The predicted octanol–water partition coefficient (Wildman–Crippen LogP) is 4.84. The number of fused-ring (bicyclic) bond motifs is 1. The maximum Gasteiger partial charge on any atom is 0.163 e. The van der Waals surface area contributed by atoms with Gasteiger partial charge < -0.3 is 4.57 Å². The molecule has 1 fully saturated rings. The Kier molecular flexibility index (Phi) is 5.13. The fourth-order valence-electron chi connectivity index (χ4n) is 4.35. The third-order valence-electron chi connectivity index (χ3n) is 5.97. The number of benzene rings is 2. The molecule has 4 aromatic rings. The van der Waals surface area contributed by atoms with Crippen molar-refractivity contribution >= 4 is 26.5 Å². The van der Waals surface area contributed by atoms with E-state index >= 15 is 0 Å². The quantitative estimate of drug-likeness (QED) is 0.410. The van der Waals surface area contributed by atoms with Gasteiger partial charge in [0.2, 0.25) is 0 Å². The largest absolute Gasteiger partial charge is 0.316 e. The van der Waals surface area contributed by atoms with Gasteiger partial charge in [0.1, 0.15) is 5.82 Å². The van der Waals surface area contributed by atoms with Crippen molar-refractivity contribution in [2.75, 3.05) is 11.5 Å². The van der Waals surface area contributed by atoms with Crippen molar-refractivity contribution in [1.82, 2.24) is 9.55 Å². The highest BCUT2D eigenvalue weighted by Gasteiger charge is 2.29. The SMILES string of the molecule is O=C(CC1CCS(=O)(=O)C1)c1ccc2c(-c3ccccn3)cn(-c3ccc(F)cc3)c2c1. The number of rotatable bonds is 5. The normalized spacial score (nSPS) is 17.6. The van der Waals surface area contributed by atoms with E-state index in [-0.39, 0.29) is 35.4 Å². The van der Waals surface area contributed by atoms with Crippen molar-refractivity contribution < 1.29 is 17.6 Å². The summed E-state index contributed by atoms with van der Waals surface area (Å²) in [6.07, 6.45) is 4.42. The Bertz CT molecular complexity index is 1410. The van der Waals surface area contributed by atoms with Gasteiger partial charge in [-0.25, -0.2) is 12.8 Å². The molecule has 32 heavy (non-hydrogen) atoms. The molecule has 3 heterocycles. The van der Waals surface area contributed by atoms with E-state index in [4.69, 9.17) is 0 Å². The number of ketones is 1. The van der Waals surface area contributed by atoms with Crippen molar-refractivity contribution in [1.29, 1.82) is 0 Å². The topological polar surface area (TPSA) is 69.0 Å². The Morgan fingerprint density at radius 1 is 1.09 bits per heavy atom. The Labute approximate surface area is 185 Å². The minimum atomic E-state index is -3.03. The minimum Gasteiger partial charge on any atom is -0.316 e. The highest BCUT2D eigenvalue weighted by atomic mass is 32.2. The summed E-state index contributed by atoms with van der Waals surface area (Å²) < 4.78 is 38.9. The third kappa shape index (κ3) is 3.96.